The minimum atomic E-state index is -0.403. The van der Waals surface area contributed by atoms with E-state index in [9.17, 15) is 9.59 Å². The summed E-state index contributed by atoms with van der Waals surface area (Å²) in [5.41, 5.74) is 3.48. The average molecular weight is 547 g/mol. The van der Waals surface area contributed by atoms with Crippen molar-refractivity contribution in [2.24, 2.45) is 0 Å². The van der Waals surface area contributed by atoms with Gasteiger partial charge in [-0.05, 0) is 50.2 Å². The third-order valence-corrected chi connectivity index (χ3v) is 6.50. The zero-order valence-corrected chi connectivity index (χ0v) is 21.7. The first-order valence-corrected chi connectivity index (χ1v) is 12.2. The molecule has 2 N–H and O–H groups in total. The fourth-order valence-electron chi connectivity index (χ4n) is 3.98. The van der Waals surface area contributed by atoms with Gasteiger partial charge in [-0.25, -0.2) is 0 Å². The summed E-state index contributed by atoms with van der Waals surface area (Å²) in [4.78, 5) is 26.2. The number of aromatic nitrogens is 2. The maximum Gasteiger partial charge on any atom is 0.261 e. The second-order valence-electron chi connectivity index (χ2n) is 8.37. The lowest BCUT2D eigenvalue weighted by Crippen LogP contribution is -2.15. The van der Waals surface area contributed by atoms with E-state index < -0.39 is 11.8 Å². The quantitative estimate of drug-likeness (QED) is 0.229. The molecule has 0 aliphatic carbocycles. The van der Waals surface area contributed by atoms with E-state index in [0.29, 0.717) is 55.5 Å². The number of rotatable bonds is 6. The van der Waals surface area contributed by atoms with Crippen LogP contribution in [0.5, 0.6) is 0 Å². The second-order valence-corrected chi connectivity index (χ2v) is 9.18. The Morgan fingerprint density at radius 1 is 0.632 bits per heavy atom. The van der Waals surface area contributed by atoms with E-state index in [-0.39, 0.29) is 11.1 Å². The van der Waals surface area contributed by atoms with E-state index in [0.717, 1.165) is 0 Å². The first kappa shape index (κ1) is 25.3. The second kappa shape index (κ2) is 10.5. The first-order chi connectivity index (χ1) is 18.3. The number of amides is 2. The average Bonchev–Trinajstić information content (AvgIpc) is 3.48. The number of aryl methyl sites for hydroxylation is 2. The van der Waals surface area contributed by atoms with Gasteiger partial charge in [0, 0.05) is 22.5 Å². The van der Waals surface area contributed by atoms with Crippen LogP contribution in [0.4, 0.5) is 11.4 Å². The number of carbonyl (C=O) groups is 2. The van der Waals surface area contributed by atoms with E-state index >= 15 is 0 Å². The molecule has 190 valence electrons. The number of hydrogen-bond donors (Lipinski definition) is 2. The van der Waals surface area contributed by atoms with Gasteiger partial charge >= 0.3 is 0 Å². The fraction of sp³-hybridized carbons (Fsp3) is 0.0714. The van der Waals surface area contributed by atoms with Crippen molar-refractivity contribution in [1.82, 2.24) is 10.3 Å². The molecule has 2 heterocycles. The van der Waals surface area contributed by atoms with Crippen LogP contribution < -0.4 is 10.6 Å². The molecule has 0 fully saturated rings. The van der Waals surface area contributed by atoms with Crippen LogP contribution in [0.1, 0.15) is 32.2 Å². The molecule has 0 unspecified atom stereocenters. The number of anilines is 2. The van der Waals surface area contributed by atoms with Crippen LogP contribution in [-0.4, -0.2) is 22.1 Å². The highest BCUT2D eigenvalue weighted by atomic mass is 35.5. The molecule has 2 aromatic heterocycles. The van der Waals surface area contributed by atoms with Gasteiger partial charge in [0.1, 0.15) is 34.0 Å². The summed E-state index contributed by atoms with van der Waals surface area (Å²) in [6, 6.07) is 20.8. The molecule has 5 rings (SSSR count). The van der Waals surface area contributed by atoms with Gasteiger partial charge in [0.15, 0.2) is 0 Å². The molecular weight excluding hydrogens is 527 g/mol. The molecule has 10 heteroatoms. The summed E-state index contributed by atoms with van der Waals surface area (Å²) >= 11 is 12.6. The third-order valence-electron chi connectivity index (χ3n) is 5.84. The monoisotopic (exact) mass is 546 g/mol. The highest BCUT2D eigenvalue weighted by Gasteiger charge is 2.24. The van der Waals surface area contributed by atoms with E-state index in [1.54, 1.807) is 86.6 Å². The molecule has 8 nitrogen and oxygen atoms in total. The molecule has 0 saturated carbocycles. The topological polar surface area (TPSA) is 110 Å². The summed E-state index contributed by atoms with van der Waals surface area (Å²) in [5, 5.41) is 14.6. The van der Waals surface area contributed by atoms with Crippen molar-refractivity contribution in [3.63, 3.8) is 0 Å². The predicted octanol–water partition coefficient (Wildman–Crippen LogP) is 7.42. The van der Waals surface area contributed by atoms with Crippen molar-refractivity contribution >= 4 is 46.4 Å². The molecular formula is C28H20Cl2N4O4. The van der Waals surface area contributed by atoms with E-state index in [2.05, 4.69) is 20.9 Å². The molecule has 0 atom stereocenters. The molecule has 2 amide bonds. The van der Waals surface area contributed by atoms with Gasteiger partial charge in [-0.1, -0.05) is 69.9 Å². The molecule has 0 spiro atoms. The van der Waals surface area contributed by atoms with Crippen molar-refractivity contribution in [3.8, 4) is 22.5 Å². The lowest BCUT2D eigenvalue weighted by Gasteiger charge is -2.09. The van der Waals surface area contributed by atoms with Gasteiger partial charge in [0.2, 0.25) is 0 Å². The zero-order chi connectivity index (χ0) is 26.8. The number of nitrogens with zero attached hydrogens (tertiary/aromatic N) is 2. The molecule has 0 bridgehead atoms. The standard InChI is InChI=1S/C28H20Cl2N4O4/c1-15-23(25(33-37-15)19-7-3-5-9-21(19)29)27(35)31-17-11-13-18(14-12-17)32-28(36)24-16(2)38-34-26(24)20-8-4-6-10-22(20)30/h3-14H,1-2H3,(H,31,35)(H,32,36). The maximum absolute atomic E-state index is 13.1. The fourth-order valence-corrected chi connectivity index (χ4v) is 4.43. The highest BCUT2D eigenvalue weighted by molar-refractivity contribution is 6.34. The molecule has 0 aliphatic heterocycles. The van der Waals surface area contributed by atoms with Crippen LogP contribution in [0.15, 0.2) is 81.8 Å². The Hall–Kier alpha value is -4.40. The molecule has 5 aromatic rings. The number of hydrogen-bond acceptors (Lipinski definition) is 6. The highest BCUT2D eigenvalue weighted by Crippen LogP contribution is 2.33. The van der Waals surface area contributed by atoms with Crippen molar-refractivity contribution in [3.05, 3.63) is 105 Å². The van der Waals surface area contributed by atoms with E-state index in [1.807, 2.05) is 0 Å². The minimum absolute atomic E-state index is 0.283. The minimum Gasteiger partial charge on any atom is -0.360 e. The first-order valence-electron chi connectivity index (χ1n) is 11.5. The predicted molar refractivity (Wildman–Crippen MR) is 146 cm³/mol. The lowest BCUT2D eigenvalue weighted by molar-refractivity contribution is 0.101. The normalized spacial score (nSPS) is 10.8. The largest absolute Gasteiger partial charge is 0.360 e. The Morgan fingerprint density at radius 2 is 1.00 bits per heavy atom. The van der Waals surface area contributed by atoms with Crippen LogP contribution in [0.3, 0.4) is 0 Å². The Kier molecular flexibility index (Phi) is 7.00. The summed E-state index contributed by atoms with van der Waals surface area (Å²) in [6.45, 7) is 3.31. The number of nitrogens with one attached hydrogen (secondary N) is 2. The van der Waals surface area contributed by atoms with Crippen LogP contribution in [0.2, 0.25) is 10.0 Å². The Balaban J connectivity index is 1.33. The summed E-state index contributed by atoms with van der Waals surface area (Å²) in [5.74, 6) is -0.0840. The molecule has 38 heavy (non-hydrogen) atoms. The van der Waals surface area contributed by atoms with Crippen LogP contribution in [-0.2, 0) is 0 Å². The van der Waals surface area contributed by atoms with Gasteiger partial charge in [0.05, 0.1) is 10.0 Å². The maximum atomic E-state index is 13.1. The Labute approximate surface area is 227 Å². The van der Waals surface area contributed by atoms with Crippen molar-refractivity contribution in [1.29, 1.82) is 0 Å². The number of benzene rings is 3. The molecule has 0 aliphatic rings. The Bertz CT molecular complexity index is 1540. The number of carbonyl (C=O) groups excluding carboxylic acids is 2. The summed E-state index contributed by atoms with van der Waals surface area (Å²) in [6.07, 6.45) is 0. The van der Waals surface area contributed by atoms with Crippen molar-refractivity contribution in [2.75, 3.05) is 10.6 Å². The SMILES string of the molecule is Cc1onc(-c2ccccc2Cl)c1C(=O)Nc1ccc(NC(=O)c2c(-c3ccccc3Cl)noc2C)cc1. The van der Waals surface area contributed by atoms with Gasteiger partial charge in [0.25, 0.3) is 11.8 Å². The smallest absolute Gasteiger partial charge is 0.261 e. The Morgan fingerprint density at radius 3 is 1.37 bits per heavy atom. The van der Waals surface area contributed by atoms with Crippen LogP contribution in [0, 0.1) is 13.8 Å². The number of halogens is 2. The van der Waals surface area contributed by atoms with E-state index in [1.165, 1.54) is 0 Å². The van der Waals surface area contributed by atoms with E-state index in [4.69, 9.17) is 32.2 Å². The summed E-state index contributed by atoms with van der Waals surface area (Å²) in [7, 11) is 0. The van der Waals surface area contributed by atoms with Gasteiger partial charge in [-0.3, -0.25) is 9.59 Å². The van der Waals surface area contributed by atoms with Crippen LogP contribution in [0.25, 0.3) is 22.5 Å². The van der Waals surface area contributed by atoms with Crippen LogP contribution >= 0.6 is 23.2 Å². The van der Waals surface area contributed by atoms with Crippen molar-refractivity contribution in [2.45, 2.75) is 13.8 Å². The van der Waals surface area contributed by atoms with Gasteiger partial charge in [-0.15, -0.1) is 0 Å². The van der Waals surface area contributed by atoms with Gasteiger partial charge in [-0.2, -0.15) is 0 Å². The molecule has 0 radical (unpaired) electrons. The van der Waals surface area contributed by atoms with Crippen molar-refractivity contribution < 1.29 is 18.6 Å². The zero-order valence-electron chi connectivity index (χ0n) is 20.2. The van der Waals surface area contributed by atoms with Gasteiger partial charge < -0.3 is 19.7 Å². The lowest BCUT2D eigenvalue weighted by atomic mass is 10.1. The molecule has 3 aromatic carbocycles. The molecule has 0 saturated heterocycles. The summed E-state index contributed by atoms with van der Waals surface area (Å²) < 4.78 is 10.6. The third kappa shape index (κ3) is 4.91.